The first-order valence-corrected chi connectivity index (χ1v) is 6.53. The zero-order valence-corrected chi connectivity index (χ0v) is 9.82. The van der Waals surface area contributed by atoms with Gasteiger partial charge in [0.25, 0.3) is 0 Å². The van der Waals surface area contributed by atoms with Gasteiger partial charge in [0.15, 0.2) is 0 Å². The van der Waals surface area contributed by atoms with Crippen molar-refractivity contribution < 1.29 is 9.31 Å². The highest BCUT2D eigenvalue weighted by molar-refractivity contribution is 6.45. The van der Waals surface area contributed by atoms with E-state index in [1.54, 1.807) is 0 Å². The Kier molecular flexibility index (Phi) is 2.56. The summed E-state index contributed by atoms with van der Waals surface area (Å²) in [6, 6.07) is 0. The van der Waals surface area contributed by atoms with E-state index < -0.39 is 0 Å². The number of rotatable bonds is 3. The smallest absolute Gasteiger partial charge is 0.406 e. The van der Waals surface area contributed by atoms with Crippen molar-refractivity contribution in [3.8, 4) is 0 Å². The molecule has 1 heterocycles. The van der Waals surface area contributed by atoms with Crippen molar-refractivity contribution in [2.45, 2.75) is 58.1 Å². The van der Waals surface area contributed by atoms with Gasteiger partial charge in [0.1, 0.15) is 0 Å². The maximum atomic E-state index is 6.04. The van der Waals surface area contributed by atoms with Crippen molar-refractivity contribution in [1.29, 1.82) is 0 Å². The molecule has 4 aliphatic rings. The van der Waals surface area contributed by atoms with Crippen LogP contribution in [-0.4, -0.2) is 19.3 Å². The van der Waals surface area contributed by atoms with E-state index in [2.05, 4.69) is 13.8 Å². The summed E-state index contributed by atoms with van der Waals surface area (Å²) in [4.78, 5) is 0. The van der Waals surface area contributed by atoms with Gasteiger partial charge in [-0.3, -0.25) is 0 Å². The van der Waals surface area contributed by atoms with Gasteiger partial charge < -0.3 is 9.31 Å². The van der Waals surface area contributed by atoms with Crippen LogP contribution in [0.15, 0.2) is 0 Å². The van der Waals surface area contributed by atoms with Gasteiger partial charge in [-0.05, 0) is 43.3 Å². The van der Waals surface area contributed by atoms with Crippen LogP contribution < -0.4 is 0 Å². The highest BCUT2D eigenvalue weighted by Crippen LogP contribution is 2.50. The summed E-state index contributed by atoms with van der Waals surface area (Å²) in [5.41, 5.74) is 0. The predicted octanol–water partition coefficient (Wildman–Crippen LogP) is 2.73. The summed E-state index contributed by atoms with van der Waals surface area (Å²) in [6.07, 6.45) is 7.27. The molecule has 84 valence electrons. The Bertz CT molecular complexity index is 238. The fourth-order valence-corrected chi connectivity index (χ4v) is 3.35. The topological polar surface area (TPSA) is 18.5 Å². The molecule has 1 aliphatic heterocycles. The van der Waals surface area contributed by atoms with Crippen LogP contribution in [0.5, 0.6) is 0 Å². The minimum Gasteiger partial charge on any atom is -0.406 e. The van der Waals surface area contributed by atoms with Crippen molar-refractivity contribution in [2.24, 2.45) is 17.8 Å². The van der Waals surface area contributed by atoms with Gasteiger partial charge >= 0.3 is 7.12 Å². The molecule has 4 rings (SSSR count). The average Bonchev–Trinajstić information content (AvgIpc) is 2.55. The van der Waals surface area contributed by atoms with Crippen LogP contribution in [0.1, 0.15) is 39.5 Å². The standard InChI is InChI=1S/C12H21BO2/c1-8(2)3-4-13-14-11-7-9-5-10(6-9)12(11)15-13/h8-12H,3-7H2,1-2H3/t9?,10?,11-,12+/m1/s1. The Morgan fingerprint density at radius 2 is 2.00 bits per heavy atom. The summed E-state index contributed by atoms with van der Waals surface area (Å²) >= 11 is 0. The van der Waals surface area contributed by atoms with Crippen molar-refractivity contribution in [3.63, 3.8) is 0 Å². The first-order chi connectivity index (χ1) is 7.22. The fourth-order valence-electron chi connectivity index (χ4n) is 3.35. The molecule has 1 saturated heterocycles. The van der Waals surface area contributed by atoms with E-state index in [1.165, 1.54) is 25.7 Å². The number of hydrogen-bond acceptors (Lipinski definition) is 2. The highest BCUT2D eigenvalue weighted by atomic mass is 16.7. The van der Waals surface area contributed by atoms with Crippen LogP contribution >= 0.6 is 0 Å². The van der Waals surface area contributed by atoms with Crippen LogP contribution in [-0.2, 0) is 9.31 Å². The third-order valence-corrected chi connectivity index (χ3v) is 4.28. The molecule has 0 radical (unpaired) electrons. The zero-order valence-electron chi connectivity index (χ0n) is 9.82. The maximum absolute atomic E-state index is 6.04. The molecule has 2 bridgehead atoms. The van der Waals surface area contributed by atoms with Crippen LogP contribution in [0.4, 0.5) is 0 Å². The van der Waals surface area contributed by atoms with Crippen LogP contribution in [0.2, 0.25) is 6.32 Å². The lowest BCUT2D eigenvalue weighted by molar-refractivity contribution is -0.0439. The molecule has 15 heavy (non-hydrogen) atoms. The molecule has 0 unspecified atom stereocenters. The molecule has 0 spiro atoms. The molecule has 0 amide bonds. The third kappa shape index (κ3) is 1.85. The molecule has 3 aliphatic carbocycles. The van der Waals surface area contributed by atoms with Gasteiger partial charge in [0, 0.05) is 0 Å². The van der Waals surface area contributed by atoms with E-state index in [0.29, 0.717) is 12.2 Å². The van der Waals surface area contributed by atoms with E-state index in [1.807, 2.05) is 0 Å². The molecule has 4 fully saturated rings. The Morgan fingerprint density at radius 1 is 1.20 bits per heavy atom. The molecule has 0 aromatic carbocycles. The second-order valence-corrected chi connectivity index (χ2v) is 6.01. The molecule has 3 saturated carbocycles. The van der Waals surface area contributed by atoms with Crippen LogP contribution in [0.25, 0.3) is 0 Å². The normalized spacial score (nSPS) is 43.0. The molecule has 2 nitrogen and oxygen atoms in total. The van der Waals surface area contributed by atoms with E-state index in [9.17, 15) is 0 Å². The SMILES string of the molecule is CC(C)CCB1O[C@@H]2CC3CC(C3)[C@@H]2O1. The lowest BCUT2D eigenvalue weighted by Gasteiger charge is -2.47. The van der Waals surface area contributed by atoms with Gasteiger partial charge in [-0.1, -0.05) is 20.3 Å². The van der Waals surface area contributed by atoms with Gasteiger partial charge in [0.05, 0.1) is 12.2 Å². The molecule has 2 atom stereocenters. The molecule has 0 N–H and O–H groups in total. The summed E-state index contributed by atoms with van der Waals surface area (Å²) in [7, 11) is 0.113. The van der Waals surface area contributed by atoms with Crippen LogP contribution in [0.3, 0.4) is 0 Å². The van der Waals surface area contributed by atoms with E-state index in [4.69, 9.17) is 9.31 Å². The van der Waals surface area contributed by atoms with Crippen LogP contribution in [0, 0.1) is 17.8 Å². The van der Waals surface area contributed by atoms with E-state index in [-0.39, 0.29) is 7.12 Å². The zero-order chi connectivity index (χ0) is 10.4. The predicted molar refractivity (Wildman–Crippen MR) is 60.6 cm³/mol. The van der Waals surface area contributed by atoms with Gasteiger partial charge in [0.2, 0.25) is 0 Å². The second-order valence-electron chi connectivity index (χ2n) is 6.01. The Hall–Kier alpha value is -0.0151. The minimum absolute atomic E-state index is 0.113. The Labute approximate surface area is 92.9 Å². The Morgan fingerprint density at radius 3 is 2.67 bits per heavy atom. The summed E-state index contributed by atoms with van der Waals surface area (Å²) in [5, 5.41) is 0. The quantitative estimate of drug-likeness (QED) is 0.664. The Balaban J connectivity index is 1.53. The van der Waals surface area contributed by atoms with Crippen molar-refractivity contribution >= 4 is 7.12 Å². The average molecular weight is 208 g/mol. The number of hydrogen-bond donors (Lipinski definition) is 0. The minimum atomic E-state index is 0.113. The van der Waals surface area contributed by atoms with Crippen molar-refractivity contribution in [3.05, 3.63) is 0 Å². The van der Waals surface area contributed by atoms with Gasteiger partial charge in [-0.2, -0.15) is 0 Å². The lowest BCUT2D eigenvalue weighted by Crippen LogP contribution is -2.47. The summed E-state index contributed by atoms with van der Waals surface area (Å²) in [6.45, 7) is 4.53. The highest BCUT2D eigenvalue weighted by Gasteiger charge is 2.52. The first-order valence-electron chi connectivity index (χ1n) is 6.53. The maximum Gasteiger partial charge on any atom is 0.457 e. The van der Waals surface area contributed by atoms with Crippen molar-refractivity contribution in [2.75, 3.05) is 0 Å². The monoisotopic (exact) mass is 208 g/mol. The second kappa shape index (κ2) is 3.78. The van der Waals surface area contributed by atoms with E-state index >= 15 is 0 Å². The molecule has 3 heteroatoms. The molecular formula is C12H21BO2. The third-order valence-electron chi connectivity index (χ3n) is 4.28. The molecule has 0 aromatic rings. The molecule has 0 aromatic heterocycles. The first kappa shape index (κ1) is 10.2. The summed E-state index contributed by atoms with van der Waals surface area (Å²) in [5.74, 6) is 2.55. The van der Waals surface area contributed by atoms with E-state index in [0.717, 1.165) is 24.1 Å². The molecular weight excluding hydrogens is 187 g/mol. The van der Waals surface area contributed by atoms with Gasteiger partial charge in [-0.25, -0.2) is 0 Å². The fraction of sp³-hybridized carbons (Fsp3) is 1.00. The van der Waals surface area contributed by atoms with Gasteiger partial charge in [-0.15, -0.1) is 0 Å². The largest absolute Gasteiger partial charge is 0.457 e. The van der Waals surface area contributed by atoms with Crippen molar-refractivity contribution in [1.82, 2.24) is 0 Å². The lowest BCUT2D eigenvalue weighted by atomic mass is 9.63. The summed E-state index contributed by atoms with van der Waals surface area (Å²) < 4.78 is 12.0.